The lowest BCUT2D eigenvalue weighted by atomic mass is 9.89. The lowest BCUT2D eigenvalue weighted by molar-refractivity contribution is 0.0873. The molecule has 0 aliphatic carbocycles. The van der Waals surface area contributed by atoms with Crippen LogP contribution in [-0.4, -0.2) is 45.1 Å². The number of aromatic amines is 1. The Morgan fingerprint density at radius 1 is 1.24 bits per heavy atom. The largest absolute Gasteiger partial charge is 0.379 e. The minimum Gasteiger partial charge on any atom is -0.379 e. The van der Waals surface area contributed by atoms with E-state index >= 15 is 0 Å². The zero-order chi connectivity index (χ0) is 17.3. The SMILES string of the molecule is O=C(NC1(Cc2ccc(Cl)cc2)CCOC1)c1ccc2n[nH]nc2n1. The molecule has 0 radical (unpaired) electrons. The number of fused-ring (bicyclic) bond motifs is 1. The molecule has 1 atom stereocenters. The molecule has 3 aromatic rings. The van der Waals surface area contributed by atoms with E-state index in [0.29, 0.717) is 41.5 Å². The molecule has 2 aromatic heterocycles. The molecular weight excluding hydrogens is 342 g/mol. The minimum atomic E-state index is -0.453. The van der Waals surface area contributed by atoms with Crippen molar-refractivity contribution in [3.63, 3.8) is 0 Å². The van der Waals surface area contributed by atoms with Gasteiger partial charge in [-0.15, -0.1) is 5.10 Å². The van der Waals surface area contributed by atoms with Gasteiger partial charge in [0.2, 0.25) is 5.65 Å². The molecule has 7 nitrogen and oxygen atoms in total. The summed E-state index contributed by atoms with van der Waals surface area (Å²) in [4.78, 5) is 17.0. The molecule has 0 spiro atoms. The van der Waals surface area contributed by atoms with Gasteiger partial charge in [-0.3, -0.25) is 4.79 Å². The second kappa shape index (κ2) is 6.42. The van der Waals surface area contributed by atoms with Gasteiger partial charge in [0, 0.05) is 11.6 Å². The van der Waals surface area contributed by atoms with Crippen molar-refractivity contribution >= 4 is 28.7 Å². The third-order valence-electron chi connectivity index (χ3n) is 4.35. The number of nitrogens with one attached hydrogen (secondary N) is 2. The van der Waals surface area contributed by atoms with Crippen LogP contribution < -0.4 is 5.32 Å². The predicted octanol–water partition coefficient (Wildman–Crippen LogP) is 2.14. The average Bonchev–Trinajstić information content (AvgIpc) is 3.25. The van der Waals surface area contributed by atoms with Crippen LogP contribution in [0.25, 0.3) is 11.2 Å². The molecule has 0 bridgehead atoms. The normalized spacial score (nSPS) is 20.0. The number of carbonyl (C=O) groups excluding carboxylic acids is 1. The Morgan fingerprint density at radius 2 is 2.08 bits per heavy atom. The number of rotatable bonds is 4. The number of ether oxygens (including phenoxy) is 1. The number of pyridine rings is 1. The van der Waals surface area contributed by atoms with Crippen LogP contribution in [0.5, 0.6) is 0 Å². The lowest BCUT2D eigenvalue weighted by Gasteiger charge is -2.29. The highest BCUT2D eigenvalue weighted by molar-refractivity contribution is 6.30. The van der Waals surface area contributed by atoms with Crippen molar-refractivity contribution in [3.05, 3.63) is 52.7 Å². The number of benzene rings is 1. The summed E-state index contributed by atoms with van der Waals surface area (Å²) < 4.78 is 5.56. The van der Waals surface area contributed by atoms with Crippen molar-refractivity contribution in [2.75, 3.05) is 13.2 Å². The molecule has 4 rings (SSSR count). The molecule has 1 fully saturated rings. The molecule has 3 heterocycles. The smallest absolute Gasteiger partial charge is 0.270 e. The van der Waals surface area contributed by atoms with Crippen LogP contribution in [0.4, 0.5) is 0 Å². The summed E-state index contributed by atoms with van der Waals surface area (Å²) in [7, 11) is 0. The monoisotopic (exact) mass is 357 g/mol. The standard InChI is InChI=1S/C17H16ClN5O2/c18-12-3-1-11(2-4-12)9-17(7-8-25-10-17)20-16(24)14-6-5-13-15(19-14)22-23-21-13/h1-6H,7-10H2,(H,20,24)(H,19,21,22,23). The van der Waals surface area contributed by atoms with Crippen molar-refractivity contribution < 1.29 is 9.53 Å². The van der Waals surface area contributed by atoms with E-state index in [1.54, 1.807) is 12.1 Å². The molecule has 1 saturated heterocycles. The third kappa shape index (κ3) is 3.33. The molecule has 1 aliphatic rings. The summed E-state index contributed by atoms with van der Waals surface area (Å²) >= 11 is 5.95. The highest BCUT2D eigenvalue weighted by Gasteiger charge is 2.37. The van der Waals surface area contributed by atoms with Crippen LogP contribution in [0.1, 0.15) is 22.5 Å². The van der Waals surface area contributed by atoms with Crippen molar-refractivity contribution in [2.24, 2.45) is 0 Å². The van der Waals surface area contributed by atoms with Crippen LogP contribution in [0, 0.1) is 0 Å². The highest BCUT2D eigenvalue weighted by atomic mass is 35.5. The summed E-state index contributed by atoms with van der Waals surface area (Å²) in [6.45, 7) is 1.08. The van der Waals surface area contributed by atoms with Crippen LogP contribution in [0.15, 0.2) is 36.4 Å². The average molecular weight is 358 g/mol. The third-order valence-corrected chi connectivity index (χ3v) is 4.60. The Balaban J connectivity index is 1.56. The maximum Gasteiger partial charge on any atom is 0.270 e. The fourth-order valence-electron chi connectivity index (χ4n) is 3.05. The zero-order valence-electron chi connectivity index (χ0n) is 13.3. The van der Waals surface area contributed by atoms with E-state index in [1.807, 2.05) is 24.3 Å². The first kappa shape index (κ1) is 16.0. The van der Waals surface area contributed by atoms with E-state index in [-0.39, 0.29) is 5.91 Å². The van der Waals surface area contributed by atoms with E-state index in [1.165, 1.54) is 0 Å². The van der Waals surface area contributed by atoms with Gasteiger partial charge < -0.3 is 10.1 Å². The lowest BCUT2D eigenvalue weighted by Crippen LogP contribution is -2.51. The number of halogens is 1. The minimum absolute atomic E-state index is 0.246. The fraction of sp³-hybridized carbons (Fsp3) is 0.294. The van der Waals surface area contributed by atoms with Crippen LogP contribution in [-0.2, 0) is 11.2 Å². The first-order valence-electron chi connectivity index (χ1n) is 7.96. The summed E-state index contributed by atoms with van der Waals surface area (Å²) in [6, 6.07) is 11.0. The highest BCUT2D eigenvalue weighted by Crippen LogP contribution is 2.25. The van der Waals surface area contributed by atoms with Gasteiger partial charge in [-0.1, -0.05) is 23.7 Å². The fourth-order valence-corrected chi connectivity index (χ4v) is 3.18. The van der Waals surface area contributed by atoms with Gasteiger partial charge in [0.25, 0.3) is 5.91 Å². The van der Waals surface area contributed by atoms with Gasteiger partial charge >= 0.3 is 0 Å². The van der Waals surface area contributed by atoms with Gasteiger partial charge in [-0.2, -0.15) is 10.3 Å². The number of hydrogen-bond donors (Lipinski definition) is 2. The van der Waals surface area contributed by atoms with Crippen molar-refractivity contribution in [1.29, 1.82) is 0 Å². The molecular formula is C17H16ClN5O2. The van der Waals surface area contributed by atoms with E-state index in [0.717, 1.165) is 12.0 Å². The van der Waals surface area contributed by atoms with Crippen LogP contribution in [0.3, 0.4) is 0 Å². The van der Waals surface area contributed by atoms with Crippen LogP contribution in [0.2, 0.25) is 5.02 Å². The van der Waals surface area contributed by atoms with Crippen LogP contribution >= 0.6 is 11.6 Å². The Bertz CT molecular complexity index is 903. The maximum absolute atomic E-state index is 12.7. The Labute approximate surface area is 148 Å². The zero-order valence-corrected chi connectivity index (χ0v) is 14.1. The molecule has 8 heteroatoms. The predicted molar refractivity (Wildman–Crippen MR) is 92.5 cm³/mol. The Hall–Kier alpha value is -2.51. The van der Waals surface area contributed by atoms with Gasteiger partial charge in [0.05, 0.1) is 12.1 Å². The number of carbonyl (C=O) groups is 1. The number of H-pyrrole nitrogens is 1. The van der Waals surface area contributed by atoms with Crippen molar-refractivity contribution in [2.45, 2.75) is 18.4 Å². The molecule has 1 aliphatic heterocycles. The molecule has 0 saturated carbocycles. The van der Waals surface area contributed by atoms with E-state index < -0.39 is 5.54 Å². The summed E-state index contributed by atoms with van der Waals surface area (Å²) in [6.07, 6.45) is 1.41. The number of nitrogens with zero attached hydrogens (tertiary/aromatic N) is 3. The van der Waals surface area contributed by atoms with Gasteiger partial charge in [0.15, 0.2) is 0 Å². The van der Waals surface area contributed by atoms with Gasteiger partial charge in [0.1, 0.15) is 11.2 Å². The second-order valence-corrected chi connectivity index (χ2v) is 6.64. The summed E-state index contributed by atoms with van der Waals surface area (Å²) in [5, 5.41) is 14.2. The van der Waals surface area contributed by atoms with E-state index in [2.05, 4.69) is 25.7 Å². The molecule has 2 N–H and O–H groups in total. The maximum atomic E-state index is 12.7. The second-order valence-electron chi connectivity index (χ2n) is 6.20. The number of amides is 1. The molecule has 128 valence electrons. The first-order valence-corrected chi connectivity index (χ1v) is 8.34. The summed E-state index contributed by atoms with van der Waals surface area (Å²) in [5.41, 5.74) is 1.99. The van der Waals surface area contributed by atoms with Crippen molar-refractivity contribution in [3.8, 4) is 0 Å². The topological polar surface area (TPSA) is 92.8 Å². The molecule has 25 heavy (non-hydrogen) atoms. The molecule has 1 unspecified atom stereocenters. The first-order chi connectivity index (χ1) is 12.1. The number of aromatic nitrogens is 4. The molecule has 1 amide bonds. The van der Waals surface area contributed by atoms with Gasteiger partial charge in [-0.25, -0.2) is 4.98 Å². The van der Waals surface area contributed by atoms with Crippen molar-refractivity contribution in [1.82, 2.24) is 25.7 Å². The summed E-state index contributed by atoms with van der Waals surface area (Å²) in [5.74, 6) is -0.246. The Kier molecular flexibility index (Phi) is 4.10. The number of hydrogen-bond acceptors (Lipinski definition) is 5. The molecule has 1 aromatic carbocycles. The van der Waals surface area contributed by atoms with E-state index in [9.17, 15) is 4.79 Å². The van der Waals surface area contributed by atoms with E-state index in [4.69, 9.17) is 16.3 Å². The Morgan fingerprint density at radius 3 is 2.84 bits per heavy atom. The van der Waals surface area contributed by atoms with Gasteiger partial charge in [-0.05, 0) is 42.7 Å². The quantitative estimate of drug-likeness (QED) is 0.746.